The minimum atomic E-state index is -0.245. The van der Waals surface area contributed by atoms with E-state index in [-0.39, 0.29) is 11.9 Å². The molecule has 1 aliphatic heterocycles. The SMILES string of the molecule is COc1ncc2c(N3CC(C)NC(C)C3)ccc(C(=O)Nc3cnn(C)c3C)c2n1. The number of piperazine rings is 1. The van der Waals surface area contributed by atoms with Crippen LogP contribution < -0.4 is 20.3 Å². The Morgan fingerprint density at radius 2 is 1.97 bits per heavy atom. The number of carbonyl (C=O) groups is 1. The summed E-state index contributed by atoms with van der Waals surface area (Å²) in [4.78, 5) is 24.2. The molecule has 9 nitrogen and oxygen atoms in total. The van der Waals surface area contributed by atoms with Gasteiger partial charge in [-0.3, -0.25) is 9.48 Å². The van der Waals surface area contributed by atoms with Crippen molar-refractivity contribution in [2.45, 2.75) is 32.9 Å². The number of hydrogen-bond donors (Lipinski definition) is 2. The van der Waals surface area contributed by atoms with Gasteiger partial charge in [0.1, 0.15) is 0 Å². The summed E-state index contributed by atoms with van der Waals surface area (Å²) in [5.74, 6) is -0.245. The van der Waals surface area contributed by atoms with Crippen LogP contribution in [0.1, 0.15) is 29.9 Å². The molecule has 158 valence electrons. The summed E-state index contributed by atoms with van der Waals surface area (Å²) in [6.45, 7) is 7.98. The van der Waals surface area contributed by atoms with E-state index in [1.807, 2.05) is 26.1 Å². The predicted molar refractivity (Wildman–Crippen MR) is 116 cm³/mol. The van der Waals surface area contributed by atoms with E-state index in [1.165, 1.54) is 7.11 Å². The van der Waals surface area contributed by atoms with Crippen LogP contribution in [-0.2, 0) is 7.05 Å². The molecular formula is C21H27N7O2. The third kappa shape index (κ3) is 3.68. The van der Waals surface area contributed by atoms with E-state index in [2.05, 4.69) is 44.4 Å². The molecule has 1 aromatic carbocycles. The molecule has 9 heteroatoms. The quantitative estimate of drug-likeness (QED) is 0.681. The van der Waals surface area contributed by atoms with E-state index < -0.39 is 0 Å². The van der Waals surface area contributed by atoms with Crippen molar-refractivity contribution < 1.29 is 9.53 Å². The molecule has 0 radical (unpaired) electrons. The maximum absolute atomic E-state index is 13.1. The number of ether oxygens (including phenoxy) is 1. The fourth-order valence-corrected chi connectivity index (χ4v) is 3.98. The zero-order chi connectivity index (χ0) is 21.4. The van der Waals surface area contributed by atoms with Gasteiger partial charge >= 0.3 is 6.01 Å². The maximum Gasteiger partial charge on any atom is 0.316 e. The van der Waals surface area contributed by atoms with Gasteiger partial charge in [-0.05, 0) is 32.9 Å². The van der Waals surface area contributed by atoms with Gasteiger partial charge in [-0.1, -0.05) is 0 Å². The van der Waals surface area contributed by atoms with Crippen molar-refractivity contribution in [3.63, 3.8) is 0 Å². The number of aryl methyl sites for hydroxylation is 1. The lowest BCUT2D eigenvalue weighted by molar-refractivity contribution is 0.102. The maximum atomic E-state index is 13.1. The summed E-state index contributed by atoms with van der Waals surface area (Å²) in [5.41, 5.74) is 3.60. The van der Waals surface area contributed by atoms with Gasteiger partial charge in [0.05, 0.1) is 35.8 Å². The zero-order valence-electron chi connectivity index (χ0n) is 17.9. The normalized spacial score (nSPS) is 19.2. The summed E-state index contributed by atoms with van der Waals surface area (Å²) >= 11 is 0. The largest absolute Gasteiger partial charge is 0.467 e. The van der Waals surface area contributed by atoms with Crippen LogP contribution in [0.25, 0.3) is 10.9 Å². The van der Waals surface area contributed by atoms with Crippen LogP contribution in [0.5, 0.6) is 6.01 Å². The first-order valence-corrected chi connectivity index (χ1v) is 10.0. The second-order valence-electron chi connectivity index (χ2n) is 7.85. The van der Waals surface area contributed by atoms with Gasteiger partial charge in [-0.25, -0.2) is 4.98 Å². The number of fused-ring (bicyclic) bond motifs is 1. The molecule has 30 heavy (non-hydrogen) atoms. The van der Waals surface area contributed by atoms with Gasteiger partial charge in [0.2, 0.25) is 0 Å². The second-order valence-corrected chi connectivity index (χ2v) is 7.85. The number of nitrogens with one attached hydrogen (secondary N) is 2. The van der Waals surface area contributed by atoms with Crippen LogP contribution >= 0.6 is 0 Å². The average molecular weight is 409 g/mol. The fourth-order valence-electron chi connectivity index (χ4n) is 3.98. The summed E-state index contributed by atoms with van der Waals surface area (Å²) in [6, 6.07) is 4.75. The molecule has 0 aliphatic carbocycles. The van der Waals surface area contributed by atoms with Crippen LogP contribution in [-0.4, -0.2) is 57.9 Å². The van der Waals surface area contributed by atoms with E-state index >= 15 is 0 Å². The summed E-state index contributed by atoms with van der Waals surface area (Å²) in [6.07, 6.45) is 3.38. The number of benzene rings is 1. The predicted octanol–water partition coefficient (Wildman–Crippen LogP) is 2.12. The van der Waals surface area contributed by atoms with Gasteiger partial charge in [-0.15, -0.1) is 0 Å². The van der Waals surface area contributed by atoms with Crippen LogP contribution in [0.15, 0.2) is 24.5 Å². The molecule has 1 saturated heterocycles. The average Bonchev–Trinajstić information content (AvgIpc) is 3.03. The Hall–Kier alpha value is -3.20. The van der Waals surface area contributed by atoms with Crippen molar-refractivity contribution >= 4 is 28.2 Å². The molecule has 0 bridgehead atoms. The minimum absolute atomic E-state index is 0.230. The van der Waals surface area contributed by atoms with Crippen molar-refractivity contribution in [3.8, 4) is 6.01 Å². The first kappa shape index (κ1) is 20.1. The molecule has 2 atom stereocenters. The monoisotopic (exact) mass is 409 g/mol. The molecule has 0 saturated carbocycles. The lowest BCUT2D eigenvalue weighted by Crippen LogP contribution is -2.54. The minimum Gasteiger partial charge on any atom is -0.467 e. The highest BCUT2D eigenvalue weighted by molar-refractivity contribution is 6.14. The number of carbonyl (C=O) groups excluding carboxylic acids is 1. The zero-order valence-corrected chi connectivity index (χ0v) is 17.9. The van der Waals surface area contributed by atoms with Crippen LogP contribution in [0.3, 0.4) is 0 Å². The molecule has 1 aliphatic rings. The van der Waals surface area contributed by atoms with E-state index in [9.17, 15) is 4.79 Å². The highest BCUT2D eigenvalue weighted by Crippen LogP contribution is 2.31. The lowest BCUT2D eigenvalue weighted by Gasteiger charge is -2.38. The topological polar surface area (TPSA) is 97.2 Å². The molecule has 2 N–H and O–H groups in total. The van der Waals surface area contributed by atoms with Crippen LogP contribution in [0.2, 0.25) is 0 Å². The standard InChI is InChI=1S/C21H27N7O2/c1-12-10-28(11-13(2)24-12)18-7-6-15(19-16(18)8-22-21(26-19)30-5)20(29)25-17-9-23-27(4)14(17)3/h6-9,12-13,24H,10-11H2,1-5H3,(H,25,29). The molecule has 2 unspecified atom stereocenters. The van der Waals surface area contributed by atoms with Gasteiger partial charge in [0, 0.05) is 49.5 Å². The molecule has 3 heterocycles. The number of amides is 1. The van der Waals surface area contributed by atoms with Gasteiger partial charge in [-0.2, -0.15) is 10.1 Å². The Balaban J connectivity index is 1.77. The van der Waals surface area contributed by atoms with Crippen LogP contribution in [0.4, 0.5) is 11.4 Å². The first-order chi connectivity index (χ1) is 14.4. The first-order valence-electron chi connectivity index (χ1n) is 10.0. The molecule has 4 rings (SSSR count). The molecule has 2 aromatic heterocycles. The molecule has 1 fully saturated rings. The Morgan fingerprint density at radius 3 is 2.60 bits per heavy atom. The molecule has 3 aromatic rings. The van der Waals surface area contributed by atoms with Gasteiger partial charge in [0.15, 0.2) is 0 Å². The molecule has 1 amide bonds. The van der Waals surface area contributed by atoms with Crippen molar-refractivity contribution in [1.29, 1.82) is 0 Å². The lowest BCUT2D eigenvalue weighted by atomic mass is 10.0. The van der Waals surface area contributed by atoms with Crippen molar-refractivity contribution in [2.75, 3.05) is 30.4 Å². The van der Waals surface area contributed by atoms with E-state index in [4.69, 9.17) is 4.74 Å². The third-order valence-corrected chi connectivity index (χ3v) is 5.51. The summed E-state index contributed by atoms with van der Waals surface area (Å²) < 4.78 is 6.94. The number of methoxy groups -OCH3 is 1. The number of aromatic nitrogens is 4. The Bertz CT molecular complexity index is 1080. The Labute approximate surface area is 175 Å². The van der Waals surface area contributed by atoms with Crippen LogP contribution in [0, 0.1) is 6.92 Å². The number of hydrogen-bond acceptors (Lipinski definition) is 7. The highest BCUT2D eigenvalue weighted by atomic mass is 16.5. The van der Waals surface area contributed by atoms with Crippen molar-refractivity contribution in [1.82, 2.24) is 25.1 Å². The smallest absolute Gasteiger partial charge is 0.316 e. The Kier molecular flexibility index (Phi) is 5.29. The molecule has 0 spiro atoms. The third-order valence-electron chi connectivity index (χ3n) is 5.51. The van der Waals surface area contributed by atoms with Crippen molar-refractivity contribution in [3.05, 3.63) is 35.8 Å². The van der Waals surface area contributed by atoms with Crippen molar-refractivity contribution in [2.24, 2.45) is 7.05 Å². The van der Waals surface area contributed by atoms with Gasteiger partial charge in [0.25, 0.3) is 5.91 Å². The number of rotatable bonds is 4. The van der Waals surface area contributed by atoms with E-state index in [1.54, 1.807) is 17.1 Å². The molecular weight excluding hydrogens is 382 g/mol. The summed E-state index contributed by atoms with van der Waals surface area (Å²) in [7, 11) is 3.35. The second kappa shape index (κ2) is 7.91. The number of nitrogens with zero attached hydrogens (tertiary/aromatic N) is 5. The fraction of sp³-hybridized carbons (Fsp3) is 0.429. The number of anilines is 2. The highest BCUT2D eigenvalue weighted by Gasteiger charge is 2.25. The Morgan fingerprint density at radius 1 is 1.23 bits per heavy atom. The summed E-state index contributed by atoms with van der Waals surface area (Å²) in [5, 5.41) is 11.5. The van der Waals surface area contributed by atoms with E-state index in [0.29, 0.717) is 28.9 Å². The van der Waals surface area contributed by atoms with E-state index in [0.717, 1.165) is 29.9 Å². The van der Waals surface area contributed by atoms with Gasteiger partial charge < -0.3 is 20.3 Å².